The summed E-state index contributed by atoms with van der Waals surface area (Å²) in [5.74, 6) is 2.77. The first kappa shape index (κ1) is 18.2. The van der Waals surface area contributed by atoms with E-state index in [-0.39, 0.29) is 5.54 Å². The molecule has 0 aromatic carbocycles. The molecule has 0 bridgehead atoms. The maximum absolute atomic E-state index is 5.91. The van der Waals surface area contributed by atoms with Gasteiger partial charge in [0.1, 0.15) is 11.5 Å². The Morgan fingerprint density at radius 2 is 1.81 bits per heavy atom. The second kappa shape index (κ2) is 7.46. The third-order valence-electron chi connectivity index (χ3n) is 3.57. The minimum Gasteiger partial charge on any atom is -0.465 e. The Bertz CT molecular complexity index is 427. The number of hydrogen-bond donors (Lipinski definition) is 1. The van der Waals surface area contributed by atoms with Crippen molar-refractivity contribution in [3.05, 3.63) is 23.2 Å². The van der Waals surface area contributed by atoms with Gasteiger partial charge < -0.3 is 9.73 Å². The number of aryl methyl sites for hydroxylation is 1. The Labute approximate surface area is 131 Å². The molecule has 3 nitrogen and oxygen atoms in total. The highest BCUT2D eigenvalue weighted by atomic mass is 16.3. The zero-order chi connectivity index (χ0) is 16.2. The molecule has 0 amide bonds. The maximum Gasteiger partial charge on any atom is 0.118 e. The summed E-state index contributed by atoms with van der Waals surface area (Å²) in [6.45, 7) is 20.6. The van der Waals surface area contributed by atoms with Gasteiger partial charge in [-0.2, -0.15) is 0 Å². The summed E-state index contributed by atoms with van der Waals surface area (Å²) in [4.78, 5) is 2.52. The first-order valence-electron chi connectivity index (χ1n) is 8.15. The SMILES string of the molecule is Cc1oc(CNC(C)(C)C)cc1CN(CC(C)C)C(C)C. The van der Waals surface area contributed by atoms with Crippen LogP contribution in [0.15, 0.2) is 10.5 Å². The molecule has 0 spiro atoms. The van der Waals surface area contributed by atoms with E-state index in [1.807, 2.05) is 0 Å². The number of furan rings is 1. The summed E-state index contributed by atoms with van der Waals surface area (Å²) in [6, 6.07) is 2.77. The topological polar surface area (TPSA) is 28.4 Å². The van der Waals surface area contributed by atoms with Crippen molar-refractivity contribution in [2.24, 2.45) is 5.92 Å². The van der Waals surface area contributed by atoms with Gasteiger partial charge in [0.15, 0.2) is 0 Å². The summed E-state index contributed by atoms with van der Waals surface area (Å²) in [6.07, 6.45) is 0. The van der Waals surface area contributed by atoms with Crippen molar-refractivity contribution in [2.75, 3.05) is 6.54 Å². The number of nitrogens with one attached hydrogen (secondary N) is 1. The van der Waals surface area contributed by atoms with Crippen molar-refractivity contribution in [1.82, 2.24) is 10.2 Å². The smallest absolute Gasteiger partial charge is 0.118 e. The fourth-order valence-electron chi connectivity index (χ4n) is 2.33. The van der Waals surface area contributed by atoms with Gasteiger partial charge in [-0.25, -0.2) is 0 Å². The van der Waals surface area contributed by atoms with Gasteiger partial charge in [-0.05, 0) is 53.5 Å². The average molecular weight is 294 g/mol. The molecule has 3 heteroatoms. The van der Waals surface area contributed by atoms with E-state index in [9.17, 15) is 0 Å². The van der Waals surface area contributed by atoms with Gasteiger partial charge in [0.05, 0.1) is 6.54 Å². The van der Waals surface area contributed by atoms with E-state index in [2.05, 4.69) is 71.7 Å². The summed E-state index contributed by atoms with van der Waals surface area (Å²) in [5, 5.41) is 3.48. The van der Waals surface area contributed by atoms with Crippen molar-refractivity contribution in [2.45, 2.75) is 80.1 Å². The summed E-state index contributed by atoms with van der Waals surface area (Å²) in [5.41, 5.74) is 1.43. The third kappa shape index (κ3) is 6.66. The molecule has 0 radical (unpaired) electrons. The predicted octanol–water partition coefficient (Wildman–Crippen LogP) is 4.34. The highest BCUT2D eigenvalue weighted by Crippen LogP contribution is 2.19. The maximum atomic E-state index is 5.91. The van der Waals surface area contributed by atoms with E-state index in [4.69, 9.17) is 4.42 Å². The molecule has 0 saturated carbocycles. The van der Waals surface area contributed by atoms with Crippen LogP contribution in [0, 0.1) is 12.8 Å². The van der Waals surface area contributed by atoms with Gasteiger partial charge >= 0.3 is 0 Å². The van der Waals surface area contributed by atoms with E-state index in [0.29, 0.717) is 12.0 Å². The van der Waals surface area contributed by atoms with Crippen LogP contribution in [-0.2, 0) is 13.1 Å². The molecule has 1 rings (SSSR count). The Hall–Kier alpha value is -0.800. The van der Waals surface area contributed by atoms with Crippen molar-refractivity contribution >= 4 is 0 Å². The van der Waals surface area contributed by atoms with Gasteiger partial charge in [-0.15, -0.1) is 0 Å². The molecular weight excluding hydrogens is 260 g/mol. The van der Waals surface area contributed by atoms with Crippen molar-refractivity contribution in [1.29, 1.82) is 0 Å². The Balaban J connectivity index is 2.72. The number of hydrogen-bond acceptors (Lipinski definition) is 3. The lowest BCUT2D eigenvalue weighted by Crippen LogP contribution is -2.35. The first-order valence-corrected chi connectivity index (χ1v) is 8.15. The molecule has 1 aromatic heterocycles. The van der Waals surface area contributed by atoms with Gasteiger partial charge in [0.25, 0.3) is 0 Å². The largest absolute Gasteiger partial charge is 0.465 e. The molecular formula is C18H34N2O. The van der Waals surface area contributed by atoms with E-state index in [0.717, 1.165) is 31.2 Å². The van der Waals surface area contributed by atoms with E-state index in [1.54, 1.807) is 0 Å². The standard InChI is InChI=1S/C18H34N2O/c1-13(2)11-20(14(3)4)12-16-9-17(21-15(16)5)10-19-18(6,7)8/h9,13-14,19H,10-12H2,1-8H3. The van der Waals surface area contributed by atoms with Crippen LogP contribution in [0.1, 0.15) is 65.6 Å². The molecule has 0 aliphatic carbocycles. The number of rotatable bonds is 7. The highest BCUT2D eigenvalue weighted by molar-refractivity contribution is 5.21. The van der Waals surface area contributed by atoms with Gasteiger partial charge in [0.2, 0.25) is 0 Å². The summed E-state index contributed by atoms with van der Waals surface area (Å²) < 4.78 is 5.91. The lowest BCUT2D eigenvalue weighted by Gasteiger charge is -2.27. The van der Waals surface area contributed by atoms with Gasteiger partial charge in [-0.3, -0.25) is 4.90 Å². The molecule has 0 aliphatic heterocycles. The van der Waals surface area contributed by atoms with Crippen LogP contribution in [-0.4, -0.2) is 23.0 Å². The lowest BCUT2D eigenvalue weighted by atomic mass is 10.1. The van der Waals surface area contributed by atoms with Crippen LogP contribution in [0.3, 0.4) is 0 Å². The van der Waals surface area contributed by atoms with Crippen LogP contribution < -0.4 is 5.32 Å². The van der Waals surface area contributed by atoms with Gasteiger partial charge in [-0.1, -0.05) is 13.8 Å². The Kier molecular flexibility index (Phi) is 6.48. The Morgan fingerprint density at radius 1 is 1.19 bits per heavy atom. The van der Waals surface area contributed by atoms with E-state index < -0.39 is 0 Å². The molecule has 0 fully saturated rings. The van der Waals surface area contributed by atoms with Gasteiger partial charge in [0, 0.05) is 30.2 Å². The molecule has 1 N–H and O–H groups in total. The molecule has 21 heavy (non-hydrogen) atoms. The molecule has 1 aromatic rings. The fraction of sp³-hybridized carbons (Fsp3) is 0.778. The Morgan fingerprint density at radius 3 is 2.29 bits per heavy atom. The summed E-state index contributed by atoms with van der Waals surface area (Å²) in [7, 11) is 0. The van der Waals surface area contributed by atoms with Crippen molar-refractivity contribution < 1.29 is 4.42 Å². The lowest BCUT2D eigenvalue weighted by molar-refractivity contribution is 0.188. The normalized spacial score (nSPS) is 12.9. The fourth-order valence-corrected chi connectivity index (χ4v) is 2.33. The van der Waals surface area contributed by atoms with Crippen LogP contribution in [0.5, 0.6) is 0 Å². The molecule has 0 unspecified atom stereocenters. The zero-order valence-corrected chi connectivity index (χ0v) is 15.2. The van der Waals surface area contributed by atoms with Crippen LogP contribution in [0.25, 0.3) is 0 Å². The average Bonchev–Trinajstić information content (AvgIpc) is 2.65. The zero-order valence-electron chi connectivity index (χ0n) is 15.2. The highest BCUT2D eigenvalue weighted by Gasteiger charge is 2.16. The molecule has 0 aliphatic rings. The number of nitrogens with zero attached hydrogens (tertiary/aromatic N) is 1. The van der Waals surface area contributed by atoms with E-state index >= 15 is 0 Å². The minimum atomic E-state index is 0.114. The molecule has 0 saturated heterocycles. The third-order valence-corrected chi connectivity index (χ3v) is 3.57. The minimum absolute atomic E-state index is 0.114. The van der Waals surface area contributed by atoms with Crippen LogP contribution in [0.4, 0.5) is 0 Å². The molecule has 1 heterocycles. The first-order chi connectivity index (χ1) is 9.58. The van der Waals surface area contributed by atoms with Crippen LogP contribution >= 0.6 is 0 Å². The molecule has 0 atom stereocenters. The quantitative estimate of drug-likeness (QED) is 0.810. The predicted molar refractivity (Wildman–Crippen MR) is 90.4 cm³/mol. The van der Waals surface area contributed by atoms with Crippen molar-refractivity contribution in [3.63, 3.8) is 0 Å². The second-order valence-corrected chi connectivity index (χ2v) is 7.81. The van der Waals surface area contributed by atoms with E-state index in [1.165, 1.54) is 5.56 Å². The summed E-state index contributed by atoms with van der Waals surface area (Å²) >= 11 is 0. The monoisotopic (exact) mass is 294 g/mol. The molecule has 122 valence electrons. The van der Waals surface area contributed by atoms with Crippen molar-refractivity contribution in [3.8, 4) is 0 Å². The van der Waals surface area contributed by atoms with Crippen LogP contribution in [0.2, 0.25) is 0 Å². The second-order valence-electron chi connectivity index (χ2n) is 7.81.